The third-order valence-corrected chi connectivity index (χ3v) is 3.46. The Morgan fingerprint density at radius 3 is 2.79 bits per heavy atom. The summed E-state index contributed by atoms with van der Waals surface area (Å²) in [6, 6.07) is 7.08. The molecule has 1 saturated carbocycles. The number of carbonyl (C=O) groups excluding carboxylic acids is 1. The van der Waals surface area contributed by atoms with Crippen LogP contribution in [0.1, 0.15) is 24.0 Å². The van der Waals surface area contributed by atoms with Gasteiger partial charge in [0.05, 0.1) is 6.54 Å². The topological polar surface area (TPSA) is 44.4 Å². The number of nitrogens with one attached hydrogen (secondary N) is 2. The fourth-order valence-corrected chi connectivity index (χ4v) is 2.15. The number of nitrogens with zero attached hydrogens (tertiary/aromatic N) is 1. The van der Waals surface area contributed by atoms with Crippen LogP contribution in [0.3, 0.4) is 0 Å². The van der Waals surface area contributed by atoms with Crippen molar-refractivity contribution in [2.75, 3.05) is 25.5 Å². The maximum absolute atomic E-state index is 11.5. The van der Waals surface area contributed by atoms with Gasteiger partial charge in [-0.05, 0) is 31.4 Å². The Morgan fingerprint density at radius 2 is 2.16 bits per heavy atom. The summed E-state index contributed by atoms with van der Waals surface area (Å²) in [6.45, 7) is 3.36. The third-order valence-electron chi connectivity index (χ3n) is 3.46. The van der Waals surface area contributed by atoms with Crippen LogP contribution in [0.25, 0.3) is 0 Å². The van der Waals surface area contributed by atoms with Gasteiger partial charge in [-0.1, -0.05) is 17.7 Å². The zero-order valence-corrected chi connectivity index (χ0v) is 12.0. The molecule has 1 aromatic rings. The van der Waals surface area contributed by atoms with E-state index in [2.05, 4.69) is 35.8 Å². The zero-order chi connectivity index (χ0) is 13.8. The molecule has 1 aliphatic carbocycles. The molecule has 1 amide bonds. The van der Waals surface area contributed by atoms with E-state index in [4.69, 9.17) is 0 Å². The number of benzene rings is 1. The summed E-state index contributed by atoms with van der Waals surface area (Å²) in [4.78, 5) is 13.5. The molecule has 0 bridgehead atoms. The van der Waals surface area contributed by atoms with Crippen LogP contribution in [0.2, 0.25) is 0 Å². The maximum Gasteiger partial charge on any atom is 0.239 e. The summed E-state index contributed by atoms with van der Waals surface area (Å²) in [5.41, 5.74) is 3.64. The molecule has 104 valence electrons. The molecule has 0 heterocycles. The smallest absolute Gasteiger partial charge is 0.239 e. The average Bonchev–Trinajstić information content (AvgIpc) is 3.20. The van der Waals surface area contributed by atoms with E-state index in [0.717, 1.165) is 12.2 Å². The summed E-state index contributed by atoms with van der Waals surface area (Å²) in [5, 5.41) is 6.20. The summed E-state index contributed by atoms with van der Waals surface area (Å²) in [7, 11) is 3.63. The van der Waals surface area contributed by atoms with Crippen molar-refractivity contribution in [3.8, 4) is 0 Å². The number of aryl methyl sites for hydroxylation is 1. The van der Waals surface area contributed by atoms with E-state index in [0.29, 0.717) is 12.6 Å². The van der Waals surface area contributed by atoms with Crippen molar-refractivity contribution in [2.45, 2.75) is 32.4 Å². The Hall–Kier alpha value is -1.55. The number of carbonyl (C=O) groups is 1. The lowest BCUT2D eigenvalue weighted by atomic mass is 10.1. The second kappa shape index (κ2) is 6.06. The summed E-state index contributed by atoms with van der Waals surface area (Å²) < 4.78 is 0. The molecule has 0 aliphatic heterocycles. The van der Waals surface area contributed by atoms with Crippen molar-refractivity contribution in [3.05, 3.63) is 29.3 Å². The minimum Gasteiger partial charge on any atom is -0.365 e. The predicted molar refractivity (Wildman–Crippen MR) is 78.4 cm³/mol. The highest BCUT2D eigenvalue weighted by Crippen LogP contribution is 2.24. The van der Waals surface area contributed by atoms with Crippen LogP contribution in [0.5, 0.6) is 0 Å². The first-order chi connectivity index (χ1) is 9.10. The third kappa shape index (κ3) is 3.96. The lowest BCUT2D eigenvalue weighted by Crippen LogP contribution is -2.33. The first kappa shape index (κ1) is 13.9. The molecule has 4 nitrogen and oxygen atoms in total. The fraction of sp³-hybridized carbons (Fsp3) is 0.533. The molecule has 1 aliphatic rings. The van der Waals surface area contributed by atoms with Crippen LogP contribution in [0.15, 0.2) is 18.2 Å². The highest BCUT2D eigenvalue weighted by molar-refractivity contribution is 5.81. The standard InChI is InChI=1S/C15H23N3O/c1-11-4-7-14(18(3)10-15(19)16-2)12(8-11)9-17-13-5-6-13/h4,7-8,13,17H,5-6,9-10H2,1-3H3,(H,16,19). The van der Waals surface area contributed by atoms with Crippen molar-refractivity contribution in [3.63, 3.8) is 0 Å². The van der Waals surface area contributed by atoms with Gasteiger partial charge in [0, 0.05) is 32.4 Å². The summed E-state index contributed by atoms with van der Waals surface area (Å²) >= 11 is 0. The molecule has 0 atom stereocenters. The van der Waals surface area contributed by atoms with E-state index in [-0.39, 0.29) is 5.91 Å². The van der Waals surface area contributed by atoms with Crippen LogP contribution >= 0.6 is 0 Å². The Bertz CT molecular complexity index is 455. The molecule has 4 heteroatoms. The number of hydrogen-bond donors (Lipinski definition) is 2. The minimum absolute atomic E-state index is 0.0316. The Morgan fingerprint density at radius 1 is 1.42 bits per heavy atom. The van der Waals surface area contributed by atoms with Gasteiger partial charge in [0.2, 0.25) is 5.91 Å². The van der Waals surface area contributed by atoms with Gasteiger partial charge in [-0.3, -0.25) is 4.79 Å². The van der Waals surface area contributed by atoms with Crippen LogP contribution in [-0.4, -0.2) is 32.6 Å². The number of hydrogen-bond acceptors (Lipinski definition) is 3. The fourth-order valence-electron chi connectivity index (χ4n) is 2.15. The van der Waals surface area contributed by atoms with E-state index in [1.165, 1.54) is 24.0 Å². The molecule has 1 fully saturated rings. The molecular weight excluding hydrogens is 238 g/mol. The quantitative estimate of drug-likeness (QED) is 0.814. The number of anilines is 1. The van der Waals surface area contributed by atoms with E-state index in [9.17, 15) is 4.79 Å². The monoisotopic (exact) mass is 261 g/mol. The van der Waals surface area contributed by atoms with E-state index in [1.54, 1.807) is 7.05 Å². The van der Waals surface area contributed by atoms with Crippen molar-refractivity contribution in [2.24, 2.45) is 0 Å². The van der Waals surface area contributed by atoms with E-state index < -0.39 is 0 Å². The molecular formula is C15H23N3O. The zero-order valence-electron chi connectivity index (χ0n) is 12.0. The second-order valence-corrected chi connectivity index (χ2v) is 5.32. The first-order valence-corrected chi connectivity index (χ1v) is 6.85. The van der Waals surface area contributed by atoms with Crippen molar-refractivity contribution in [1.29, 1.82) is 0 Å². The highest BCUT2D eigenvalue weighted by atomic mass is 16.1. The average molecular weight is 261 g/mol. The van der Waals surface area contributed by atoms with Gasteiger partial charge >= 0.3 is 0 Å². The van der Waals surface area contributed by atoms with Crippen molar-refractivity contribution in [1.82, 2.24) is 10.6 Å². The van der Waals surface area contributed by atoms with Crippen LogP contribution in [0.4, 0.5) is 5.69 Å². The lowest BCUT2D eigenvalue weighted by molar-refractivity contribution is -0.119. The van der Waals surface area contributed by atoms with Crippen LogP contribution in [0, 0.1) is 6.92 Å². The molecule has 0 spiro atoms. The molecule has 0 radical (unpaired) electrons. The van der Waals surface area contributed by atoms with Crippen LogP contribution < -0.4 is 15.5 Å². The van der Waals surface area contributed by atoms with Crippen molar-refractivity contribution >= 4 is 11.6 Å². The summed E-state index contributed by atoms with van der Waals surface area (Å²) in [6.07, 6.45) is 2.57. The molecule has 0 unspecified atom stereocenters. The molecule has 1 aromatic carbocycles. The number of likely N-dealkylation sites (N-methyl/N-ethyl adjacent to an activating group) is 2. The lowest BCUT2D eigenvalue weighted by Gasteiger charge is -2.22. The highest BCUT2D eigenvalue weighted by Gasteiger charge is 2.21. The number of rotatable bonds is 6. The second-order valence-electron chi connectivity index (χ2n) is 5.32. The van der Waals surface area contributed by atoms with Gasteiger partial charge in [0.15, 0.2) is 0 Å². The van der Waals surface area contributed by atoms with Gasteiger partial charge in [-0.25, -0.2) is 0 Å². The SMILES string of the molecule is CNC(=O)CN(C)c1ccc(C)cc1CNC1CC1. The molecule has 2 rings (SSSR count). The maximum atomic E-state index is 11.5. The minimum atomic E-state index is 0.0316. The van der Waals surface area contributed by atoms with Crippen molar-refractivity contribution < 1.29 is 4.79 Å². The molecule has 0 aromatic heterocycles. The molecule has 2 N–H and O–H groups in total. The predicted octanol–water partition coefficient (Wildman–Crippen LogP) is 1.43. The van der Waals surface area contributed by atoms with Gasteiger partial charge in [0.25, 0.3) is 0 Å². The molecule has 19 heavy (non-hydrogen) atoms. The Kier molecular flexibility index (Phi) is 4.43. The number of amides is 1. The normalized spacial score (nSPS) is 14.3. The van der Waals surface area contributed by atoms with E-state index in [1.807, 2.05) is 11.9 Å². The van der Waals surface area contributed by atoms with Gasteiger partial charge in [-0.2, -0.15) is 0 Å². The van der Waals surface area contributed by atoms with E-state index >= 15 is 0 Å². The van der Waals surface area contributed by atoms with Gasteiger partial charge in [0.1, 0.15) is 0 Å². The Balaban J connectivity index is 2.09. The molecule has 0 saturated heterocycles. The van der Waals surface area contributed by atoms with Gasteiger partial charge in [-0.15, -0.1) is 0 Å². The van der Waals surface area contributed by atoms with Gasteiger partial charge < -0.3 is 15.5 Å². The summed E-state index contributed by atoms with van der Waals surface area (Å²) in [5.74, 6) is 0.0316. The largest absolute Gasteiger partial charge is 0.365 e. The first-order valence-electron chi connectivity index (χ1n) is 6.85. The van der Waals surface area contributed by atoms with Crippen LogP contribution in [-0.2, 0) is 11.3 Å². The Labute approximate surface area is 115 Å².